The highest BCUT2D eigenvalue weighted by molar-refractivity contribution is 9.10. The van der Waals surface area contributed by atoms with Crippen LogP contribution in [0.2, 0.25) is 0 Å². The first-order chi connectivity index (χ1) is 16.1. The maximum absolute atomic E-state index is 4.37. The normalized spacial score (nSPS) is 15.2. The van der Waals surface area contributed by atoms with Gasteiger partial charge in [-0.15, -0.1) is 13.2 Å². The molecule has 0 saturated carbocycles. The predicted molar refractivity (Wildman–Crippen MR) is 147 cm³/mol. The van der Waals surface area contributed by atoms with Gasteiger partial charge in [-0.1, -0.05) is 117 Å². The quantitative estimate of drug-likeness (QED) is 0.208. The van der Waals surface area contributed by atoms with E-state index in [-0.39, 0.29) is 11.8 Å². The summed E-state index contributed by atoms with van der Waals surface area (Å²) < 4.78 is 2.15. The molecule has 0 fully saturated rings. The van der Waals surface area contributed by atoms with Crippen molar-refractivity contribution in [2.24, 2.45) is 0 Å². The largest absolute Gasteiger partial charge is 0.102 e. The minimum absolute atomic E-state index is 0.0329. The Hall–Kier alpha value is -2.68. The Balaban J connectivity index is 1.95. The van der Waals surface area contributed by atoms with Crippen LogP contribution in [0.25, 0.3) is 11.1 Å². The van der Waals surface area contributed by atoms with E-state index in [2.05, 4.69) is 154 Å². The van der Waals surface area contributed by atoms with Crippen LogP contribution in [0, 0.1) is 0 Å². The number of benzene rings is 4. The Bertz CT molecular complexity index is 1220. The van der Waals surface area contributed by atoms with Crippen molar-refractivity contribution in [3.8, 4) is 11.1 Å². The lowest BCUT2D eigenvalue weighted by atomic mass is 9.57. The molecule has 0 saturated heterocycles. The van der Waals surface area contributed by atoms with E-state index in [1.165, 1.54) is 33.4 Å². The zero-order valence-electron chi connectivity index (χ0n) is 18.2. The summed E-state index contributed by atoms with van der Waals surface area (Å²) in [6.45, 7) is 8.74. The minimum atomic E-state index is -0.412. The second-order valence-corrected chi connectivity index (χ2v) is 10.3. The van der Waals surface area contributed by atoms with E-state index in [4.69, 9.17) is 0 Å². The van der Waals surface area contributed by atoms with E-state index in [1.807, 2.05) is 0 Å². The van der Waals surface area contributed by atoms with E-state index in [9.17, 15) is 0 Å². The Labute approximate surface area is 213 Å². The van der Waals surface area contributed by atoms with Crippen LogP contribution in [-0.2, 0) is 5.41 Å². The van der Waals surface area contributed by atoms with E-state index < -0.39 is 5.41 Å². The molecule has 0 aliphatic heterocycles. The van der Waals surface area contributed by atoms with Gasteiger partial charge in [-0.05, 0) is 57.6 Å². The van der Waals surface area contributed by atoms with Gasteiger partial charge in [0.15, 0.2) is 0 Å². The van der Waals surface area contributed by atoms with Crippen LogP contribution in [0.4, 0.5) is 0 Å². The SMILES string of the molecule is C=CC(c1ccccc1)C1(C(C=C)c2ccccc2)c2cc(Br)ccc2-c2ccc(Br)cc21. The van der Waals surface area contributed by atoms with Crippen molar-refractivity contribution >= 4 is 31.9 Å². The van der Waals surface area contributed by atoms with Crippen LogP contribution in [0.3, 0.4) is 0 Å². The molecule has 5 rings (SSSR count). The molecule has 4 aromatic rings. The summed E-state index contributed by atoms with van der Waals surface area (Å²) in [5.74, 6) is 0.0658. The maximum Gasteiger partial charge on any atom is 0.0421 e. The Morgan fingerprint density at radius 2 is 0.970 bits per heavy atom. The van der Waals surface area contributed by atoms with Gasteiger partial charge in [0.25, 0.3) is 0 Å². The first-order valence-corrected chi connectivity index (χ1v) is 12.6. The summed E-state index contributed by atoms with van der Waals surface area (Å²) >= 11 is 7.54. The number of allylic oxidation sites excluding steroid dienone is 2. The van der Waals surface area contributed by atoms with Crippen molar-refractivity contribution in [2.45, 2.75) is 17.3 Å². The van der Waals surface area contributed by atoms with Crippen LogP contribution in [0.1, 0.15) is 34.1 Å². The second kappa shape index (κ2) is 8.93. The molecule has 0 spiro atoms. The van der Waals surface area contributed by atoms with Crippen LogP contribution in [0.5, 0.6) is 0 Å². The summed E-state index contributed by atoms with van der Waals surface area (Å²) in [6.07, 6.45) is 4.24. The topological polar surface area (TPSA) is 0 Å². The van der Waals surface area contributed by atoms with Crippen molar-refractivity contribution in [3.05, 3.63) is 154 Å². The standard InChI is InChI=1S/C31H24Br2/c1-3-27(21-11-7-5-8-12-21)31(28(4-2)22-13-9-6-10-14-22)29-19-23(32)15-17-25(29)26-18-16-24(33)20-30(26)31/h3-20,27-28H,1-2H2. The van der Waals surface area contributed by atoms with Crippen LogP contribution < -0.4 is 0 Å². The molecule has 33 heavy (non-hydrogen) atoms. The lowest BCUT2D eigenvalue weighted by molar-refractivity contribution is 0.427. The van der Waals surface area contributed by atoms with E-state index in [0.717, 1.165) is 8.95 Å². The zero-order chi connectivity index (χ0) is 23.0. The molecule has 0 nitrogen and oxygen atoms in total. The molecule has 0 heterocycles. The molecule has 2 atom stereocenters. The highest BCUT2D eigenvalue weighted by Crippen LogP contribution is 2.62. The fourth-order valence-corrected chi connectivity index (χ4v) is 6.41. The monoisotopic (exact) mass is 554 g/mol. The molecule has 2 heteroatoms. The van der Waals surface area contributed by atoms with E-state index in [0.29, 0.717) is 0 Å². The molecule has 0 bridgehead atoms. The first kappa shape index (κ1) is 22.1. The first-order valence-electron chi connectivity index (χ1n) is 11.1. The molecule has 1 aliphatic carbocycles. The summed E-state index contributed by atoms with van der Waals surface area (Å²) in [5.41, 5.74) is 7.21. The van der Waals surface area contributed by atoms with Gasteiger partial charge in [-0.3, -0.25) is 0 Å². The highest BCUT2D eigenvalue weighted by atomic mass is 79.9. The maximum atomic E-state index is 4.37. The lowest BCUT2D eigenvalue weighted by Crippen LogP contribution is -2.38. The number of hydrogen-bond donors (Lipinski definition) is 0. The van der Waals surface area contributed by atoms with Gasteiger partial charge >= 0.3 is 0 Å². The fraction of sp³-hybridized carbons (Fsp3) is 0.0968. The van der Waals surface area contributed by atoms with Crippen LogP contribution in [0.15, 0.2) is 131 Å². The molecule has 1 aliphatic rings. The molecular formula is C31H24Br2. The number of hydrogen-bond acceptors (Lipinski definition) is 0. The molecule has 0 aromatic heterocycles. The molecule has 0 N–H and O–H groups in total. The van der Waals surface area contributed by atoms with Crippen LogP contribution >= 0.6 is 31.9 Å². The van der Waals surface area contributed by atoms with Gasteiger partial charge in [-0.25, -0.2) is 0 Å². The average Bonchev–Trinajstić information content (AvgIpc) is 3.11. The number of halogens is 2. The molecule has 0 radical (unpaired) electrons. The Morgan fingerprint density at radius 3 is 1.33 bits per heavy atom. The van der Waals surface area contributed by atoms with Crippen molar-refractivity contribution in [1.29, 1.82) is 0 Å². The van der Waals surface area contributed by atoms with Gasteiger partial charge in [0.2, 0.25) is 0 Å². The molecule has 0 amide bonds. The lowest BCUT2D eigenvalue weighted by Gasteiger charge is -2.44. The number of rotatable bonds is 6. The summed E-state index contributed by atoms with van der Waals surface area (Å²) in [5, 5.41) is 0. The predicted octanol–water partition coefficient (Wildman–Crippen LogP) is 9.42. The number of fused-ring (bicyclic) bond motifs is 3. The summed E-state index contributed by atoms with van der Waals surface area (Å²) in [6, 6.07) is 34.8. The van der Waals surface area contributed by atoms with E-state index in [1.54, 1.807) is 0 Å². The average molecular weight is 556 g/mol. The highest BCUT2D eigenvalue weighted by Gasteiger charge is 2.53. The van der Waals surface area contributed by atoms with Gasteiger partial charge < -0.3 is 0 Å². The molecule has 2 unspecified atom stereocenters. The van der Waals surface area contributed by atoms with Gasteiger partial charge in [0, 0.05) is 26.2 Å². The van der Waals surface area contributed by atoms with Crippen molar-refractivity contribution in [1.82, 2.24) is 0 Å². The smallest absolute Gasteiger partial charge is 0.0421 e. The van der Waals surface area contributed by atoms with Crippen molar-refractivity contribution in [3.63, 3.8) is 0 Å². The van der Waals surface area contributed by atoms with Gasteiger partial charge in [0.1, 0.15) is 0 Å². The van der Waals surface area contributed by atoms with Crippen molar-refractivity contribution < 1.29 is 0 Å². The molecule has 4 aromatic carbocycles. The van der Waals surface area contributed by atoms with Crippen molar-refractivity contribution in [2.75, 3.05) is 0 Å². The molecule has 162 valence electrons. The zero-order valence-corrected chi connectivity index (χ0v) is 21.4. The Kier molecular flexibility index (Phi) is 5.99. The summed E-state index contributed by atoms with van der Waals surface area (Å²) in [7, 11) is 0. The third kappa shape index (κ3) is 3.48. The third-order valence-corrected chi connectivity index (χ3v) is 7.90. The van der Waals surface area contributed by atoms with E-state index >= 15 is 0 Å². The Morgan fingerprint density at radius 1 is 0.576 bits per heavy atom. The fourth-order valence-electron chi connectivity index (χ4n) is 5.69. The van der Waals surface area contributed by atoms with Gasteiger partial charge in [-0.2, -0.15) is 0 Å². The minimum Gasteiger partial charge on any atom is -0.102 e. The summed E-state index contributed by atoms with van der Waals surface area (Å²) in [4.78, 5) is 0. The second-order valence-electron chi connectivity index (χ2n) is 8.50. The third-order valence-electron chi connectivity index (χ3n) is 6.91. The molecular weight excluding hydrogens is 532 g/mol. The van der Waals surface area contributed by atoms with Crippen LogP contribution in [-0.4, -0.2) is 0 Å². The van der Waals surface area contributed by atoms with Gasteiger partial charge in [0.05, 0.1) is 0 Å².